The average Bonchev–Trinajstić information content (AvgIpc) is 2.81. The molecule has 1 saturated carbocycles. The fourth-order valence-electron chi connectivity index (χ4n) is 1.93. The van der Waals surface area contributed by atoms with Crippen molar-refractivity contribution in [3.63, 3.8) is 0 Å². The molecule has 84 valence electrons. The van der Waals surface area contributed by atoms with Gasteiger partial charge in [0, 0.05) is 13.6 Å². The van der Waals surface area contributed by atoms with Crippen LogP contribution < -0.4 is 5.32 Å². The number of nitrogens with one attached hydrogen (secondary N) is 1. The summed E-state index contributed by atoms with van der Waals surface area (Å²) in [4.78, 5) is 0. The van der Waals surface area contributed by atoms with Gasteiger partial charge in [0.2, 0.25) is 0 Å². The highest BCUT2D eigenvalue weighted by Gasteiger charge is 2.31. The van der Waals surface area contributed by atoms with Gasteiger partial charge in [0.15, 0.2) is 0 Å². The minimum absolute atomic E-state index is 0.901. The number of aromatic nitrogens is 2. The van der Waals surface area contributed by atoms with Crippen LogP contribution in [0.4, 0.5) is 0 Å². The Morgan fingerprint density at radius 3 is 2.73 bits per heavy atom. The predicted molar refractivity (Wildman–Crippen MR) is 64.6 cm³/mol. The zero-order valence-corrected chi connectivity index (χ0v) is 11.1. The van der Waals surface area contributed by atoms with E-state index in [9.17, 15) is 0 Å². The molecule has 1 aliphatic rings. The molecule has 0 aromatic carbocycles. The van der Waals surface area contributed by atoms with Gasteiger partial charge in [-0.15, -0.1) is 0 Å². The number of hydrogen-bond donors (Lipinski definition) is 1. The first-order chi connectivity index (χ1) is 7.09. The largest absolute Gasteiger partial charge is 0.311 e. The molecule has 1 aliphatic carbocycles. The second kappa shape index (κ2) is 4.26. The van der Waals surface area contributed by atoms with Crippen LogP contribution in [0.5, 0.6) is 0 Å². The minimum Gasteiger partial charge on any atom is -0.311 e. The highest BCUT2D eigenvalue weighted by molar-refractivity contribution is 9.10. The Morgan fingerprint density at radius 1 is 1.60 bits per heavy atom. The molecular weight excluding hydrogens is 254 g/mol. The Labute approximate surface area is 99.4 Å². The lowest BCUT2D eigenvalue weighted by atomic mass is 10.3. The first-order valence-corrected chi connectivity index (χ1v) is 6.27. The van der Waals surface area contributed by atoms with Crippen molar-refractivity contribution in [2.24, 2.45) is 18.9 Å². The van der Waals surface area contributed by atoms with Gasteiger partial charge in [-0.2, -0.15) is 5.10 Å². The van der Waals surface area contributed by atoms with E-state index in [-0.39, 0.29) is 0 Å². The van der Waals surface area contributed by atoms with Crippen LogP contribution in [-0.2, 0) is 13.6 Å². The summed E-state index contributed by atoms with van der Waals surface area (Å²) in [5.41, 5.74) is 2.30. The maximum Gasteiger partial charge on any atom is 0.0739 e. The normalized spacial score (nSPS) is 24.5. The summed E-state index contributed by atoms with van der Waals surface area (Å²) in [5, 5.41) is 7.87. The zero-order valence-electron chi connectivity index (χ0n) is 9.55. The lowest BCUT2D eigenvalue weighted by molar-refractivity contribution is 0.581. The van der Waals surface area contributed by atoms with Crippen LogP contribution in [0.25, 0.3) is 0 Å². The molecule has 0 spiro atoms. The Bertz CT molecular complexity index is 359. The van der Waals surface area contributed by atoms with Gasteiger partial charge in [-0.05, 0) is 47.7 Å². The quantitative estimate of drug-likeness (QED) is 0.911. The maximum atomic E-state index is 4.37. The third kappa shape index (κ3) is 2.42. The number of aryl methyl sites for hydroxylation is 2. The molecule has 3 nitrogen and oxygen atoms in total. The first-order valence-electron chi connectivity index (χ1n) is 5.48. The highest BCUT2D eigenvalue weighted by Crippen LogP contribution is 2.36. The molecule has 2 rings (SSSR count). The molecule has 0 saturated heterocycles. The average molecular weight is 272 g/mol. The fourth-order valence-corrected chi connectivity index (χ4v) is 2.41. The monoisotopic (exact) mass is 271 g/mol. The van der Waals surface area contributed by atoms with Gasteiger partial charge in [-0.25, -0.2) is 0 Å². The Kier molecular flexibility index (Phi) is 3.16. The van der Waals surface area contributed by atoms with Crippen molar-refractivity contribution in [2.45, 2.75) is 26.8 Å². The molecule has 0 amide bonds. The highest BCUT2D eigenvalue weighted by atomic mass is 79.9. The van der Waals surface area contributed by atoms with Crippen LogP contribution in [-0.4, -0.2) is 16.3 Å². The number of rotatable bonds is 4. The molecule has 1 aromatic rings. The van der Waals surface area contributed by atoms with Crippen LogP contribution in [0.3, 0.4) is 0 Å². The molecule has 2 unspecified atom stereocenters. The van der Waals surface area contributed by atoms with Crippen molar-refractivity contribution >= 4 is 15.9 Å². The first kappa shape index (κ1) is 11.1. The second-order valence-corrected chi connectivity index (χ2v) is 5.37. The predicted octanol–water partition coefficient (Wildman–Crippen LogP) is 2.24. The van der Waals surface area contributed by atoms with Crippen molar-refractivity contribution in [1.82, 2.24) is 15.1 Å². The summed E-state index contributed by atoms with van der Waals surface area (Å²) in [5.74, 6) is 1.83. The molecule has 1 heterocycles. The Hall–Kier alpha value is -0.350. The van der Waals surface area contributed by atoms with Gasteiger partial charge in [0.1, 0.15) is 0 Å². The van der Waals surface area contributed by atoms with Crippen molar-refractivity contribution < 1.29 is 0 Å². The van der Waals surface area contributed by atoms with Crippen LogP contribution in [0.2, 0.25) is 0 Å². The third-order valence-electron chi connectivity index (χ3n) is 3.24. The summed E-state index contributed by atoms with van der Waals surface area (Å²) >= 11 is 3.57. The van der Waals surface area contributed by atoms with Gasteiger partial charge < -0.3 is 5.32 Å². The molecular formula is C11H18BrN3. The molecule has 4 heteroatoms. The van der Waals surface area contributed by atoms with Crippen molar-refractivity contribution in [3.05, 3.63) is 15.9 Å². The van der Waals surface area contributed by atoms with Gasteiger partial charge >= 0.3 is 0 Å². The van der Waals surface area contributed by atoms with E-state index in [1.165, 1.54) is 12.1 Å². The lowest BCUT2D eigenvalue weighted by Gasteiger charge is -2.05. The van der Waals surface area contributed by atoms with E-state index >= 15 is 0 Å². The SMILES string of the molecule is Cc1nn(C)c(CNCC2CC2C)c1Br. The molecule has 1 N–H and O–H groups in total. The second-order valence-electron chi connectivity index (χ2n) is 4.57. The van der Waals surface area contributed by atoms with E-state index in [4.69, 9.17) is 0 Å². The van der Waals surface area contributed by atoms with E-state index in [0.29, 0.717) is 0 Å². The van der Waals surface area contributed by atoms with Gasteiger partial charge in [0.25, 0.3) is 0 Å². The summed E-state index contributed by atoms with van der Waals surface area (Å²) in [6.45, 7) is 6.38. The molecule has 0 aliphatic heterocycles. The third-order valence-corrected chi connectivity index (χ3v) is 4.27. The fraction of sp³-hybridized carbons (Fsp3) is 0.727. The van der Waals surface area contributed by atoms with Crippen LogP contribution >= 0.6 is 15.9 Å². The van der Waals surface area contributed by atoms with E-state index in [1.807, 2.05) is 18.7 Å². The molecule has 1 fully saturated rings. The smallest absolute Gasteiger partial charge is 0.0739 e. The maximum absolute atomic E-state index is 4.37. The minimum atomic E-state index is 0.901. The van der Waals surface area contributed by atoms with E-state index in [2.05, 4.69) is 33.3 Å². The summed E-state index contributed by atoms with van der Waals surface area (Å²) in [6.07, 6.45) is 1.39. The van der Waals surface area contributed by atoms with Gasteiger partial charge in [-0.3, -0.25) is 4.68 Å². The Balaban J connectivity index is 1.87. The zero-order chi connectivity index (χ0) is 11.0. The molecule has 0 bridgehead atoms. The summed E-state index contributed by atoms with van der Waals surface area (Å²) < 4.78 is 3.09. The van der Waals surface area contributed by atoms with Crippen molar-refractivity contribution in [3.8, 4) is 0 Å². The van der Waals surface area contributed by atoms with Crippen molar-refractivity contribution in [1.29, 1.82) is 0 Å². The summed E-state index contributed by atoms with van der Waals surface area (Å²) in [7, 11) is 1.99. The van der Waals surface area contributed by atoms with Crippen molar-refractivity contribution in [2.75, 3.05) is 6.54 Å². The summed E-state index contributed by atoms with van der Waals surface area (Å²) in [6, 6.07) is 0. The topological polar surface area (TPSA) is 29.9 Å². The van der Waals surface area contributed by atoms with Crippen LogP contribution in [0.1, 0.15) is 24.7 Å². The van der Waals surface area contributed by atoms with Gasteiger partial charge in [0.05, 0.1) is 15.9 Å². The number of hydrogen-bond acceptors (Lipinski definition) is 2. The molecule has 15 heavy (non-hydrogen) atoms. The van der Waals surface area contributed by atoms with Crippen LogP contribution in [0.15, 0.2) is 4.47 Å². The van der Waals surface area contributed by atoms with E-state index in [0.717, 1.165) is 35.1 Å². The van der Waals surface area contributed by atoms with E-state index < -0.39 is 0 Å². The molecule has 1 aromatic heterocycles. The Morgan fingerprint density at radius 2 is 2.27 bits per heavy atom. The standard InChI is InChI=1S/C11H18BrN3/c1-7-4-9(7)5-13-6-10-11(12)8(2)14-15(10)3/h7,9,13H,4-6H2,1-3H3. The lowest BCUT2D eigenvalue weighted by Crippen LogP contribution is -2.19. The van der Waals surface area contributed by atoms with E-state index in [1.54, 1.807) is 0 Å². The number of nitrogens with zero attached hydrogens (tertiary/aromatic N) is 2. The number of halogens is 1. The molecule has 0 radical (unpaired) electrons. The molecule has 2 atom stereocenters. The van der Waals surface area contributed by atoms with Crippen LogP contribution in [0, 0.1) is 18.8 Å². The van der Waals surface area contributed by atoms with Gasteiger partial charge in [-0.1, -0.05) is 6.92 Å².